The van der Waals surface area contributed by atoms with Crippen molar-refractivity contribution in [1.82, 2.24) is 5.32 Å². The molecular formula is C20H33NO4. The molecule has 0 aliphatic carbocycles. The molecule has 1 rings (SSSR count). The van der Waals surface area contributed by atoms with Gasteiger partial charge in [-0.05, 0) is 31.5 Å². The molecule has 1 atom stereocenters. The van der Waals surface area contributed by atoms with Gasteiger partial charge in [-0.25, -0.2) is 0 Å². The Balaban J connectivity index is 2.64. The first kappa shape index (κ1) is 21.6. The second-order valence-corrected chi connectivity index (χ2v) is 6.67. The number of aliphatic hydroxyl groups is 1. The molecule has 5 nitrogen and oxygen atoms in total. The summed E-state index contributed by atoms with van der Waals surface area (Å²) in [6.45, 7) is 9.53. The van der Waals surface area contributed by atoms with Gasteiger partial charge in [0.25, 0.3) is 0 Å². The number of ether oxygens (including phenoxy) is 2. The quantitative estimate of drug-likeness (QED) is 0.421. The Hall–Kier alpha value is -1.43. The van der Waals surface area contributed by atoms with Crippen LogP contribution in [0, 0.1) is 0 Å². The molecule has 0 aromatic heterocycles. The molecule has 0 saturated heterocycles. The van der Waals surface area contributed by atoms with Gasteiger partial charge < -0.3 is 19.9 Å². The lowest BCUT2D eigenvalue weighted by atomic mass is 10.1. The number of hydrogen-bond donors (Lipinski definition) is 2. The van der Waals surface area contributed by atoms with Crippen molar-refractivity contribution in [3.63, 3.8) is 0 Å². The van der Waals surface area contributed by atoms with Crippen molar-refractivity contribution in [1.29, 1.82) is 0 Å². The number of carbonyl (C=O) groups excluding carboxylic acids is 1. The summed E-state index contributed by atoms with van der Waals surface area (Å²) >= 11 is 0. The van der Waals surface area contributed by atoms with E-state index in [2.05, 4.69) is 12.2 Å². The van der Waals surface area contributed by atoms with Crippen LogP contribution in [0.5, 0.6) is 5.75 Å². The van der Waals surface area contributed by atoms with Crippen molar-refractivity contribution in [3.8, 4) is 5.75 Å². The molecule has 0 spiro atoms. The number of hydrogen-bond acceptors (Lipinski definition) is 5. The lowest BCUT2D eigenvalue weighted by Crippen LogP contribution is -2.35. The monoisotopic (exact) mass is 351 g/mol. The van der Waals surface area contributed by atoms with Gasteiger partial charge in [0, 0.05) is 30.3 Å². The molecule has 0 fully saturated rings. The van der Waals surface area contributed by atoms with E-state index >= 15 is 0 Å². The summed E-state index contributed by atoms with van der Waals surface area (Å²) in [5, 5.41) is 13.2. The molecule has 25 heavy (non-hydrogen) atoms. The molecule has 0 bridgehead atoms. The van der Waals surface area contributed by atoms with Crippen molar-refractivity contribution < 1.29 is 19.4 Å². The summed E-state index contributed by atoms with van der Waals surface area (Å²) < 4.78 is 11.5. The summed E-state index contributed by atoms with van der Waals surface area (Å²) in [6.07, 6.45) is 2.73. The molecule has 0 amide bonds. The first-order valence-corrected chi connectivity index (χ1v) is 9.19. The Morgan fingerprint density at radius 2 is 2.04 bits per heavy atom. The lowest BCUT2D eigenvalue weighted by molar-refractivity contribution is 0.0955. The van der Waals surface area contributed by atoms with Crippen LogP contribution in [0.25, 0.3) is 0 Å². The first-order valence-electron chi connectivity index (χ1n) is 9.19. The molecule has 5 heteroatoms. The van der Waals surface area contributed by atoms with Crippen LogP contribution in [0.15, 0.2) is 18.2 Å². The average Bonchev–Trinajstić information content (AvgIpc) is 2.58. The summed E-state index contributed by atoms with van der Waals surface area (Å²) in [4.78, 5) is 11.6. The number of ketones is 1. The molecule has 1 aromatic rings. The number of Topliss-reactive ketones (excluding diaryl/α,β-unsaturated/α-hetero) is 1. The van der Waals surface area contributed by atoms with E-state index in [1.165, 1.54) is 0 Å². The van der Waals surface area contributed by atoms with Crippen LogP contribution >= 0.6 is 0 Å². The van der Waals surface area contributed by atoms with Gasteiger partial charge >= 0.3 is 0 Å². The third kappa shape index (κ3) is 9.00. The second kappa shape index (κ2) is 12.0. The number of rotatable bonds is 13. The zero-order valence-electron chi connectivity index (χ0n) is 16.0. The fourth-order valence-electron chi connectivity index (χ4n) is 2.30. The van der Waals surface area contributed by atoms with Crippen LogP contribution in [0.1, 0.15) is 62.9 Å². The fraction of sp³-hybridized carbons (Fsp3) is 0.650. The van der Waals surface area contributed by atoms with Crippen LogP contribution in [0.3, 0.4) is 0 Å². The molecule has 0 saturated carbocycles. The van der Waals surface area contributed by atoms with Crippen LogP contribution < -0.4 is 10.1 Å². The second-order valence-electron chi connectivity index (χ2n) is 6.67. The van der Waals surface area contributed by atoms with E-state index in [0.29, 0.717) is 37.1 Å². The van der Waals surface area contributed by atoms with Gasteiger partial charge in [0.15, 0.2) is 5.78 Å². The largest absolute Gasteiger partial charge is 0.490 e. The minimum absolute atomic E-state index is 0.0138. The van der Waals surface area contributed by atoms with Gasteiger partial charge in [-0.3, -0.25) is 4.79 Å². The molecule has 0 aliphatic heterocycles. The van der Waals surface area contributed by atoms with Gasteiger partial charge in [-0.2, -0.15) is 0 Å². The van der Waals surface area contributed by atoms with Crippen molar-refractivity contribution in [2.24, 2.45) is 0 Å². The third-order valence-corrected chi connectivity index (χ3v) is 3.81. The van der Waals surface area contributed by atoms with Gasteiger partial charge in [-0.1, -0.05) is 33.6 Å². The highest BCUT2D eigenvalue weighted by Crippen LogP contribution is 2.22. The third-order valence-electron chi connectivity index (χ3n) is 3.81. The highest BCUT2D eigenvalue weighted by atomic mass is 16.5. The number of nitrogens with one attached hydrogen (secondary N) is 1. The molecule has 1 aromatic carbocycles. The Morgan fingerprint density at radius 1 is 1.28 bits per heavy atom. The zero-order valence-corrected chi connectivity index (χ0v) is 16.0. The minimum Gasteiger partial charge on any atom is -0.490 e. The van der Waals surface area contributed by atoms with Crippen molar-refractivity contribution in [3.05, 3.63) is 29.3 Å². The van der Waals surface area contributed by atoms with Crippen molar-refractivity contribution in [2.75, 3.05) is 19.8 Å². The summed E-state index contributed by atoms with van der Waals surface area (Å²) in [5.74, 6) is 0.670. The first-order chi connectivity index (χ1) is 11.9. The van der Waals surface area contributed by atoms with E-state index in [1.54, 1.807) is 19.1 Å². The maximum absolute atomic E-state index is 11.6. The van der Waals surface area contributed by atoms with Crippen LogP contribution in [0.4, 0.5) is 0 Å². The van der Waals surface area contributed by atoms with Gasteiger partial charge in [-0.15, -0.1) is 0 Å². The Kier molecular flexibility index (Phi) is 10.4. The average molecular weight is 351 g/mol. The molecule has 0 radical (unpaired) electrons. The van der Waals surface area contributed by atoms with E-state index in [0.717, 1.165) is 24.8 Å². The maximum atomic E-state index is 11.6. The summed E-state index contributed by atoms with van der Waals surface area (Å²) in [5.41, 5.74) is 1.48. The Bertz CT molecular complexity index is 516. The minimum atomic E-state index is -0.590. The Labute approximate surface area is 151 Å². The fourth-order valence-corrected chi connectivity index (χ4v) is 2.30. The smallest absolute Gasteiger partial charge is 0.159 e. The van der Waals surface area contributed by atoms with Crippen LogP contribution in [0.2, 0.25) is 0 Å². The Morgan fingerprint density at radius 3 is 2.68 bits per heavy atom. The normalized spacial score (nSPS) is 12.4. The van der Waals surface area contributed by atoms with E-state index in [9.17, 15) is 9.90 Å². The van der Waals surface area contributed by atoms with Crippen molar-refractivity contribution >= 4 is 5.78 Å². The predicted octanol–water partition coefficient (Wildman–Crippen LogP) is 3.33. The molecule has 2 N–H and O–H groups in total. The van der Waals surface area contributed by atoms with Crippen LogP contribution in [-0.2, 0) is 11.3 Å². The highest BCUT2D eigenvalue weighted by Gasteiger charge is 2.11. The van der Waals surface area contributed by atoms with Gasteiger partial charge in [0.05, 0.1) is 6.61 Å². The number of aliphatic hydroxyl groups excluding tert-OH is 1. The lowest BCUT2D eigenvalue weighted by Gasteiger charge is -2.17. The maximum Gasteiger partial charge on any atom is 0.159 e. The van der Waals surface area contributed by atoms with Gasteiger partial charge in [0.2, 0.25) is 0 Å². The topological polar surface area (TPSA) is 67.8 Å². The van der Waals surface area contributed by atoms with E-state index in [-0.39, 0.29) is 12.4 Å². The molecule has 0 unspecified atom stereocenters. The van der Waals surface area contributed by atoms with Crippen molar-refractivity contribution in [2.45, 2.75) is 65.7 Å². The SMILES string of the molecule is CCCCCOCc1cc(C(C)=O)ccc1OC[C@@H](O)CNC(C)C. The predicted molar refractivity (Wildman–Crippen MR) is 100 cm³/mol. The summed E-state index contributed by atoms with van der Waals surface area (Å²) in [7, 11) is 0. The number of benzene rings is 1. The number of carbonyl (C=O) groups is 1. The van der Waals surface area contributed by atoms with E-state index in [1.807, 2.05) is 19.9 Å². The molecule has 142 valence electrons. The molecular weight excluding hydrogens is 318 g/mol. The van der Waals surface area contributed by atoms with Crippen LogP contribution in [-0.4, -0.2) is 42.8 Å². The molecule has 0 heterocycles. The zero-order chi connectivity index (χ0) is 18.7. The van der Waals surface area contributed by atoms with Gasteiger partial charge in [0.1, 0.15) is 18.5 Å². The standard InChI is InChI=1S/C20H33NO4/c1-5-6-7-10-24-13-18-11-17(16(4)22)8-9-20(18)25-14-19(23)12-21-15(2)3/h8-9,11,15,19,21,23H,5-7,10,12-14H2,1-4H3/t19-/m0/s1. The van der Waals surface area contributed by atoms with E-state index < -0.39 is 6.10 Å². The summed E-state index contributed by atoms with van der Waals surface area (Å²) in [6, 6.07) is 5.66. The number of unbranched alkanes of at least 4 members (excludes halogenated alkanes) is 2. The molecule has 0 aliphatic rings. The van der Waals surface area contributed by atoms with E-state index in [4.69, 9.17) is 9.47 Å². The highest BCUT2D eigenvalue weighted by molar-refractivity contribution is 5.94.